The highest BCUT2D eigenvalue weighted by Gasteiger charge is 2.33. The minimum absolute atomic E-state index is 0.0442. The van der Waals surface area contributed by atoms with Crippen molar-refractivity contribution in [2.75, 3.05) is 6.54 Å². The summed E-state index contributed by atoms with van der Waals surface area (Å²) in [6, 6.07) is 6.08. The topological polar surface area (TPSA) is 38.9 Å². The highest BCUT2D eigenvalue weighted by molar-refractivity contribution is 5.85. The summed E-state index contributed by atoms with van der Waals surface area (Å²) in [7, 11) is 0. The molecule has 0 saturated heterocycles. The second kappa shape index (κ2) is 5.79. The number of hydrogen-bond donors (Lipinski definition) is 1. The molecule has 2 N–H and O–H groups in total. The maximum atomic E-state index is 13.0. The number of aryl methyl sites for hydroxylation is 2. The van der Waals surface area contributed by atoms with Gasteiger partial charge in [-0.15, -0.1) is 0 Å². The molecule has 1 aromatic carbocycles. The number of halogens is 3. The first kappa shape index (κ1) is 14.8. The molecule has 20 heavy (non-hydrogen) atoms. The van der Waals surface area contributed by atoms with E-state index in [1.54, 1.807) is 13.0 Å². The van der Waals surface area contributed by atoms with Crippen LogP contribution in [0.2, 0.25) is 0 Å². The van der Waals surface area contributed by atoms with Gasteiger partial charge in [-0.05, 0) is 50.4 Å². The largest absolute Gasteiger partial charge is 0.418 e. The second-order valence-corrected chi connectivity index (χ2v) is 4.87. The Labute approximate surface area is 115 Å². The molecule has 0 amide bonds. The number of alkyl halides is 3. The van der Waals surface area contributed by atoms with Gasteiger partial charge in [-0.2, -0.15) is 13.2 Å². The zero-order valence-corrected chi connectivity index (χ0v) is 11.3. The summed E-state index contributed by atoms with van der Waals surface area (Å²) in [4.78, 5) is 4.09. The first-order valence-electron chi connectivity index (χ1n) is 6.60. The van der Waals surface area contributed by atoms with Crippen LogP contribution >= 0.6 is 0 Å². The van der Waals surface area contributed by atoms with Gasteiger partial charge in [-0.3, -0.25) is 4.98 Å². The van der Waals surface area contributed by atoms with E-state index in [1.165, 1.54) is 6.07 Å². The Morgan fingerprint density at radius 2 is 1.95 bits per heavy atom. The third-order valence-electron chi connectivity index (χ3n) is 3.26. The van der Waals surface area contributed by atoms with Crippen LogP contribution in [0.3, 0.4) is 0 Å². The Hall–Kier alpha value is -1.62. The smallest absolute Gasteiger partial charge is 0.330 e. The second-order valence-electron chi connectivity index (χ2n) is 4.87. The maximum absolute atomic E-state index is 13.0. The monoisotopic (exact) mass is 282 g/mol. The molecule has 0 fully saturated rings. The minimum Gasteiger partial charge on any atom is -0.330 e. The lowest BCUT2D eigenvalue weighted by Gasteiger charge is -2.13. The molecule has 2 aromatic rings. The van der Waals surface area contributed by atoms with Crippen molar-refractivity contribution < 1.29 is 13.2 Å². The Kier molecular flexibility index (Phi) is 4.28. The third kappa shape index (κ3) is 3.10. The van der Waals surface area contributed by atoms with E-state index in [9.17, 15) is 13.2 Å². The van der Waals surface area contributed by atoms with Crippen LogP contribution in [0.4, 0.5) is 13.2 Å². The van der Waals surface area contributed by atoms with Crippen molar-refractivity contribution in [2.45, 2.75) is 32.4 Å². The standard InChI is InChI=1S/C15H17F3N2/c1-10-9-11(5-2-3-8-19)12-6-4-7-13(14(12)20-10)15(16,17)18/h4,6-7,9H,2-3,5,8,19H2,1H3. The summed E-state index contributed by atoms with van der Waals surface area (Å²) in [5.41, 5.74) is 6.35. The van der Waals surface area contributed by atoms with Crippen molar-refractivity contribution in [3.05, 3.63) is 41.1 Å². The van der Waals surface area contributed by atoms with E-state index < -0.39 is 11.7 Å². The molecule has 0 saturated carbocycles. The molecule has 0 atom stereocenters. The van der Waals surface area contributed by atoms with Crippen LogP contribution < -0.4 is 5.73 Å². The van der Waals surface area contributed by atoms with Crippen molar-refractivity contribution >= 4 is 10.9 Å². The number of nitrogens with zero attached hydrogens (tertiary/aromatic N) is 1. The number of fused-ring (bicyclic) bond motifs is 1. The quantitative estimate of drug-likeness (QED) is 0.865. The molecule has 0 aliphatic carbocycles. The van der Waals surface area contributed by atoms with Crippen molar-refractivity contribution in [3.8, 4) is 0 Å². The number of benzene rings is 1. The van der Waals surface area contributed by atoms with E-state index >= 15 is 0 Å². The van der Waals surface area contributed by atoms with Crippen LogP contribution in [0.25, 0.3) is 10.9 Å². The van der Waals surface area contributed by atoms with Gasteiger partial charge in [0.2, 0.25) is 0 Å². The molecule has 0 bridgehead atoms. The Morgan fingerprint density at radius 3 is 2.60 bits per heavy atom. The average Bonchev–Trinajstić information content (AvgIpc) is 2.37. The number of hydrogen-bond acceptors (Lipinski definition) is 2. The fourth-order valence-corrected chi connectivity index (χ4v) is 2.36. The van der Waals surface area contributed by atoms with E-state index in [4.69, 9.17) is 5.73 Å². The van der Waals surface area contributed by atoms with Crippen molar-refractivity contribution in [1.82, 2.24) is 4.98 Å². The molecule has 0 aliphatic heterocycles. The third-order valence-corrected chi connectivity index (χ3v) is 3.26. The molecular formula is C15H17F3N2. The minimum atomic E-state index is -4.38. The lowest BCUT2D eigenvalue weighted by atomic mass is 10.00. The van der Waals surface area contributed by atoms with Gasteiger partial charge in [-0.25, -0.2) is 0 Å². The van der Waals surface area contributed by atoms with Crippen LogP contribution in [-0.2, 0) is 12.6 Å². The zero-order chi connectivity index (χ0) is 14.8. The van der Waals surface area contributed by atoms with Crippen LogP contribution in [0.15, 0.2) is 24.3 Å². The van der Waals surface area contributed by atoms with E-state index in [-0.39, 0.29) is 5.52 Å². The molecule has 0 spiro atoms. The summed E-state index contributed by atoms with van der Waals surface area (Å²) in [6.45, 7) is 2.31. The molecule has 1 heterocycles. The molecule has 0 unspecified atom stereocenters. The first-order chi connectivity index (χ1) is 9.43. The van der Waals surface area contributed by atoms with Crippen LogP contribution in [0.1, 0.15) is 29.7 Å². The van der Waals surface area contributed by atoms with Gasteiger partial charge in [-0.1, -0.05) is 12.1 Å². The van der Waals surface area contributed by atoms with Crippen molar-refractivity contribution in [1.29, 1.82) is 0 Å². The SMILES string of the molecule is Cc1cc(CCCCN)c2cccc(C(F)(F)F)c2n1. The molecule has 5 heteroatoms. The lowest BCUT2D eigenvalue weighted by Crippen LogP contribution is -2.08. The van der Waals surface area contributed by atoms with Gasteiger partial charge >= 0.3 is 6.18 Å². The number of nitrogens with two attached hydrogens (primary N) is 1. The van der Waals surface area contributed by atoms with E-state index in [2.05, 4.69) is 4.98 Å². The van der Waals surface area contributed by atoms with E-state index in [0.29, 0.717) is 17.6 Å². The summed E-state index contributed by atoms with van der Waals surface area (Å²) < 4.78 is 39.1. The summed E-state index contributed by atoms with van der Waals surface area (Å²) in [5.74, 6) is 0. The number of pyridine rings is 1. The fourth-order valence-electron chi connectivity index (χ4n) is 2.36. The lowest BCUT2D eigenvalue weighted by molar-refractivity contribution is -0.136. The fraction of sp³-hybridized carbons (Fsp3) is 0.400. The Balaban J connectivity index is 2.55. The molecular weight excluding hydrogens is 265 g/mol. The van der Waals surface area contributed by atoms with Gasteiger partial charge in [0, 0.05) is 11.1 Å². The summed E-state index contributed by atoms with van der Waals surface area (Å²) in [6.07, 6.45) is -1.93. The molecule has 1 aromatic heterocycles. The van der Waals surface area contributed by atoms with Gasteiger partial charge in [0.25, 0.3) is 0 Å². The van der Waals surface area contributed by atoms with Crippen molar-refractivity contribution in [2.24, 2.45) is 5.73 Å². The first-order valence-corrected chi connectivity index (χ1v) is 6.60. The zero-order valence-electron chi connectivity index (χ0n) is 11.3. The van der Waals surface area contributed by atoms with Gasteiger partial charge in [0.05, 0.1) is 11.1 Å². The van der Waals surface area contributed by atoms with Crippen LogP contribution in [-0.4, -0.2) is 11.5 Å². The summed E-state index contributed by atoms with van der Waals surface area (Å²) >= 11 is 0. The summed E-state index contributed by atoms with van der Waals surface area (Å²) in [5, 5.41) is 0.586. The number of para-hydroxylation sites is 1. The Morgan fingerprint density at radius 1 is 1.20 bits per heavy atom. The average molecular weight is 282 g/mol. The molecule has 0 aliphatic rings. The predicted molar refractivity (Wildman–Crippen MR) is 73.5 cm³/mol. The van der Waals surface area contributed by atoms with Crippen molar-refractivity contribution in [3.63, 3.8) is 0 Å². The van der Waals surface area contributed by atoms with E-state index in [1.807, 2.05) is 6.07 Å². The molecule has 108 valence electrons. The van der Waals surface area contributed by atoms with Gasteiger partial charge < -0.3 is 5.73 Å². The van der Waals surface area contributed by atoms with Crippen LogP contribution in [0.5, 0.6) is 0 Å². The predicted octanol–water partition coefficient (Wildman–Crippen LogP) is 3.84. The van der Waals surface area contributed by atoms with Gasteiger partial charge in [0.1, 0.15) is 0 Å². The normalized spacial score (nSPS) is 12.1. The maximum Gasteiger partial charge on any atom is 0.418 e. The van der Waals surface area contributed by atoms with Gasteiger partial charge in [0.15, 0.2) is 0 Å². The molecule has 2 rings (SSSR count). The highest BCUT2D eigenvalue weighted by Crippen LogP contribution is 2.35. The number of unbranched alkanes of at least 4 members (excludes halogenated alkanes) is 1. The molecule has 2 nitrogen and oxygen atoms in total. The molecule has 0 radical (unpaired) electrons. The number of aromatic nitrogens is 1. The van der Waals surface area contributed by atoms with E-state index in [0.717, 1.165) is 30.9 Å². The number of rotatable bonds is 4. The Bertz CT molecular complexity index is 606. The van der Waals surface area contributed by atoms with Crippen LogP contribution in [0, 0.1) is 6.92 Å². The highest BCUT2D eigenvalue weighted by atomic mass is 19.4.